The Labute approximate surface area is 244 Å². The van der Waals surface area contributed by atoms with Crippen LogP contribution in [0.25, 0.3) is 27.9 Å². The summed E-state index contributed by atoms with van der Waals surface area (Å²) in [7, 11) is 0. The second-order valence-electron chi connectivity index (χ2n) is 9.87. The van der Waals surface area contributed by atoms with Gasteiger partial charge in [-0.1, -0.05) is 35.2 Å². The predicted octanol–water partition coefficient (Wildman–Crippen LogP) is 2.77. The molecule has 1 saturated heterocycles. The van der Waals surface area contributed by atoms with Gasteiger partial charge in [-0.2, -0.15) is 0 Å². The number of carbonyl (C=O) groups excluding carboxylic acids is 1. The molecule has 1 amide bonds. The van der Waals surface area contributed by atoms with Gasteiger partial charge in [0.15, 0.2) is 11.5 Å². The summed E-state index contributed by atoms with van der Waals surface area (Å²) in [6.45, 7) is 0.809. The molecule has 2 N–H and O–H groups in total. The number of nitrogens with two attached hydrogens (primary N) is 1. The molecule has 43 heavy (non-hydrogen) atoms. The first-order valence-electron chi connectivity index (χ1n) is 13.5. The molecule has 13 heteroatoms. The highest BCUT2D eigenvalue weighted by molar-refractivity contribution is 5.88. The number of para-hydroxylation sites is 2. The van der Waals surface area contributed by atoms with Crippen LogP contribution < -0.4 is 21.0 Å². The van der Waals surface area contributed by atoms with E-state index in [1.54, 1.807) is 39.8 Å². The van der Waals surface area contributed by atoms with E-state index in [-0.39, 0.29) is 30.1 Å². The Kier molecular flexibility index (Phi) is 6.51. The number of nitrogens with zero attached hydrogens (tertiary/aromatic N) is 8. The number of ether oxygens (including phenoxy) is 1. The molecule has 1 fully saturated rings. The van der Waals surface area contributed by atoms with Crippen LogP contribution in [0.4, 0.5) is 5.82 Å². The molecular weight excluding hydrogens is 550 g/mol. The van der Waals surface area contributed by atoms with Crippen molar-refractivity contribution in [2.75, 3.05) is 25.4 Å². The fourth-order valence-corrected chi connectivity index (χ4v) is 5.03. The zero-order chi connectivity index (χ0) is 29.3. The van der Waals surface area contributed by atoms with Gasteiger partial charge in [0.25, 0.3) is 0 Å². The molecule has 0 unspecified atom stereocenters. The first-order chi connectivity index (χ1) is 21.1. The number of benzene rings is 3. The number of hydrogen-bond acceptors (Lipinski definition) is 9. The summed E-state index contributed by atoms with van der Waals surface area (Å²) < 4.78 is 8.96. The predicted molar refractivity (Wildman–Crippen MR) is 158 cm³/mol. The topological polar surface area (TPSA) is 148 Å². The third-order valence-corrected chi connectivity index (χ3v) is 7.17. The van der Waals surface area contributed by atoms with E-state index in [1.165, 1.54) is 21.8 Å². The molecule has 3 aromatic carbocycles. The average Bonchev–Trinajstić information content (AvgIpc) is 3.55. The molecule has 4 heterocycles. The van der Waals surface area contributed by atoms with Crippen LogP contribution in [-0.2, 0) is 4.79 Å². The maximum atomic E-state index is 13.8. The highest BCUT2D eigenvalue weighted by Gasteiger charge is 2.35. The number of hydrogen-bond donors (Lipinski definition) is 1. The minimum absolute atomic E-state index is 0.134. The maximum absolute atomic E-state index is 13.8. The SMILES string of the molecule is Nc1ncnc2c1n(-c1ccc(Oc3ccccc3)cc1)c(=O)n2C1CN(C(=O)C=CCOn2nnc3ccccc32)C1. The molecule has 0 radical (unpaired) electrons. The van der Waals surface area contributed by atoms with Gasteiger partial charge in [-0.15, -0.1) is 5.10 Å². The van der Waals surface area contributed by atoms with Gasteiger partial charge in [-0.3, -0.25) is 13.9 Å². The van der Waals surface area contributed by atoms with Gasteiger partial charge in [-0.25, -0.2) is 14.8 Å². The Morgan fingerprint density at radius 3 is 2.51 bits per heavy atom. The molecule has 6 aromatic rings. The molecule has 0 saturated carbocycles. The van der Waals surface area contributed by atoms with Crippen molar-refractivity contribution < 1.29 is 14.4 Å². The fourth-order valence-electron chi connectivity index (χ4n) is 5.03. The van der Waals surface area contributed by atoms with Gasteiger partial charge in [0.2, 0.25) is 5.91 Å². The first-order valence-corrected chi connectivity index (χ1v) is 13.5. The van der Waals surface area contributed by atoms with E-state index in [0.717, 1.165) is 5.52 Å². The number of carbonyl (C=O) groups is 1. The first kappa shape index (κ1) is 26.0. The molecule has 1 aliphatic rings. The summed E-state index contributed by atoms with van der Waals surface area (Å²) in [6.07, 6.45) is 4.39. The van der Waals surface area contributed by atoms with E-state index in [2.05, 4.69) is 20.3 Å². The summed E-state index contributed by atoms with van der Waals surface area (Å²) >= 11 is 0. The van der Waals surface area contributed by atoms with E-state index >= 15 is 0 Å². The lowest BCUT2D eigenvalue weighted by Crippen LogP contribution is -2.52. The highest BCUT2D eigenvalue weighted by Crippen LogP contribution is 2.28. The van der Waals surface area contributed by atoms with E-state index in [4.69, 9.17) is 15.3 Å². The summed E-state index contributed by atoms with van der Waals surface area (Å²) in [5.41, 5.74) is 8.77. The zero-order valence-corrected chi connectivity index (χ0v) is 22.7. The second kappa shape index (κ2) is 10.8. The molecule has 0 spiro atoms. The van der Waals surface area contributed by atoms with Crippen molar-refractivity contribution in [3.05, 3.63) is 108 Å². The number of anilines is 1. The van der Waals surface area contributed by atoms with Crippen LogP contribution in [0.2, 0.25) is 0 Å². The minimum atomic E-state index is -0.319. The Balaban J connectivity index is 1.06. The van der Waals surface area contributed by atoms with Crippen molar-refractivity contribution in [2.24, 2.45) is 0 Å². The Hall–Kier alpha value is -5.98. The third kappa shape index (κ3) is 4.82. The number of fused-ring (bicyclic) bond motifs is 2. The highest BCUT2D eigenvalue weighted by atomic mass is 16.7. The Morgan fingerprint density at radius 2 is 1.70 bits per heavy atom. The molecule has 7 rings (SSSR count). The quantitative estimate of drug-likeness (QED) is 0.271. The lowest BCUT2D eigenvalue weighted by atomic mass is 10.1. The van der Waals surface area contributed by atoms with Crippen molar-refractivity contribution in [1.29, 1.82) is 0 Å². The number of likely N-dealkylation sites (tertiary alicyclic amines) is 1. The molecule has 0 aliphatic carbocycles. The van der Waals surface area contributed by atoms with Crippen molar-refractivity contribution in [2.45, 2.75) is 6.04 Å². The van der Waals surface area contributed by atoms with Crippen molar-refractivity contribution in [1.82, 2.24) is 39.2 Å². The zero-order valence-electron chi connectivity index (χ0n) is 22.7. The number of nitrogen functional groups attached to an aromatic ring is 1. The second-order valence-corrected chi connectivity index (χ2v) is 9.87. The molecule has 214 valence electrons. The van der Waals surface area contributed by atoms with Gasteiger partial charge >= 0.3 is 5.69 Å². The minimum Gasteiger partial charge on any atom is -0.457 e. The van der Waals surface area contributed by atoms with Gasteiger partial charge in [-0.05, 0) is 59.8 Å². The number of aromatic nitrogens is 7. The largest absolute Gasteiger partial charge is 0.457 e. The van der Waals surface area contributed by atoms with Crippen molar-refractivity contribution in [3.63, 3.8) is 0 Å². The molecule has 1 aliphatic heterocycles. The molecule has 0 bridgehead atoms. The number of amides is 1. The number of imidazole rings is 1. The Morgan fingerprint density at radius 1 is 0.953 bits per heavy atom. The van der Waals surface area contributed by atoms with Crippen LogP contribution in [0, 0.1) is 0 Å². The van der Waals surface area contributed by atoms with E-state index in [9.17, 15) is 9.59 Å². The molecular formula is C30H25N9O4. The van der Waals surface area contributed by atoms with E-state index in [1.807, 2.05) is 54.6 Å². The lowest BCUT2D eigenvalue weighted by Gasteiger charge is -2.38. The fraction of sp³-hybridized carbons (Fsp3) is 0.133. The van der Waals surface area contributed by atoms with E-state index < -0.39 is 0 Å². The normalized spacial score (nSPS) is 13.5. The summed E-state index contributed by atoms with van der Waals surface area (Å²) in [5.74, 6) is 1.32. The standard InChI is InChI=1S/C30H25N9O4/c31-28-27-29(33-19-32-28)38(30(41)37(27)20-12-14-23(15-13-20)43-22-7-2-1-3-8-22)21-17-36(18-21)26(40)11-6-16-42-39-25-10-5-4-9-24(25)34-35-39/h1-15,19,21H,16-18H2,(H2,31,32,33). The van der Waals surface area contributed by atoms with E-state index in [0.29, 0.717) is 47.0 Å². The monoisotopic (exact) mass is 575 g/mol. The Bertz CT molecular complexity index is 2020. The smallest absolute Gasteiger partial charge is 0.335 e. The van der Waals surface area contributed by atoms with Crippen LogP contribution in [0.3, 0.4) is 0 Å². The van der Waals surface area contributed by atoms with Gasteiger partial charge in [0, 0.05) is 19.2 Å². The van der Waals surface area contributed by atoms with Crippen LogP contribution in [-0.4, -0.2) is 64.8 Å². The third-order valence-electron chi connectivity index (χ3n) is 7.17. The summed E-state index contributed by atoms with van der Waals surface area (Å²) in [5, 5.41) is 7.99. The van der Waals surface area contributed by atoms with Crippen molar-refractivity contribution >= 4 is 33.9 Å². The van der Waals surface area contributed by atoms with Gasteiger partial charge in [0.1, 0.15) is 41.0 Å². The van der Waals surface area contributed by atoms with Crippen LogP contribution in [0.1, 0.15) is 6.04 Å². The molecule has 0 atom stereocenters. The van der Waals surface area contributed by atoms with Crippen molar-refractivity contribution in [3.8, 4) is 17.2 Å². The maximum Gasteiger partial charge on any atom is 0.335 e. The lowest BCUT2D eigenvalue weighted by molar-refractivity contribution is -0.131. The molecule has 3 aromatic heterocycles. The van der Waals surface area contributed by atoms with Crippen LogP contribution >= 0.6 is 0 Å². The summed E-state index contributed by atoms with van der Waals surface area (Å²) in [4.78, 5) is 43.6. The van der Waals surface area contributed by atoms with Gasteiger partial charge < -0.3 is 20.2 Å². The summed E-state index contributed by atoms with van der Waals surface area (Å²) in [6, 6.07) is 23.7. The van der Waals surface area contributed by atoms with Crippen LogP contribution in [0.5, 0.6) is 11.5 Å². The molecule has 13 nitrogen and oxygen atoms in total. The average molecular weight is 576 g/mol. The number of rotatable bonds is 8. The van der Waals surface area contributed by atoms with Crippen LogP contribution in [0.15, 0.2) is 102 Å². The van der Waals surface area contributed by atoms with Gasteiger partial charge in [0.05, 0.1) is 11.7 Å².